The number of aryl methyl sites for hydroxylation is 1. The van der Waals surface area contributed by atoms with E-state index < -0.39 is 12.0 Å². The Morgan fingerprint density at radius 3 is 2.69 bits per heavy atom. The van der Waals surface area contributed by atoms with Gasteiger partial charge in [-0.3, -0.25) is 9.59 Å². The number of hydrogen-bond donors (Lipinski definition) is 4. The number of Topliss-reactive ketones (excluding diaryl/α,β-unsaturated/α-hetero) is 2. The van der Waals surface area contributed by atoms with Crippen LogP contribution in [0.3, 0.4) is 0 Å². The fourth-order valence-electron chi connectivity index (χ4n) is 8.49. The van der Waals surface area contributed by atoms with Gasteiger partial charge < -0.3 is 25.4 Å². The van der Waals surface area contributed by atoms with Crippen LogP contribution in [0.1, 0.15) is 107 Å². The van der Waals surface area contributed by atoms with E-state index in [0.29, 0.717) is 61.5 Å². The summed E-state index contributed by atoms with van der Waals surface area (Å²) in [5, 5.41) is 35.0. The third-order valence-corrected chi connectivity index (χ3v) is 10.9. The summed E-state index contributed by atoms with van der Waals surface area (Å²) in [6.07, 6.45) is 12.2. The first-order valence-corrected chi connectivity index (χ1v) is 16.3. The molecule has 0 spiro atoms. The van der Waals surface area contributed by atoms with Crippen molar-refractivity contribution in [3.63, 3.8) is 0 Å². The number of methoxy groups -OCH3 is 1. The fourth-order valence-corrected chi connectivity index (χ4v) is 8.49. The van der Waals surface area contributed by atoms with E-state index in [1.54, 1.807) is 12.1 Å². The van der Waals surface area contributed by atoms with Gasteiger partial charge in [0.15, 0.2) is 17.3 Å². The molecule has 230 valence electrons. The van der Waals surface area contributed by atoms with E-state index >= 15 is 0 Å². The lowest BCUT2D eigenvalue weighted by molar-refractivity contribution is -0.124. The van der Waals surface area contributed by atoms with Gasteiger partial charge in [-0.1, -0.05) is 31.1 Å². The van der Waals surface area contributed by atoms with Crippen molar-refractivity contribution >= 4 is 11.6 Å². The first-order chi connectivity index (χ1) is 20.3. The summed E-state index contributed by atoms with van der Waals surface area (Å²) in [5.74, 6) is 7.43. The molecule has 4 N–H and O–H groups in total. The highest BCUT2D eigenvalue weighted by atomic mass is 16.5. The number of carbonyl (C=O) groups is 2. The summed E-state index contributed by atoms with van der Waals surface area (Å²) < 4.78 is 5.32. The van der Waals surface area contributed by atoms with Crippen molar-refractivity contribution < 1.29 is 29.6 Å². The highest BCUT2D eigenvalue weighted by molar-refractivity contribution is 5.85. The predicted octanol–water partition coefficient (Wildman–Crippen LogP) is 4.83. The van der Waals surface area contributed by atoms with E-state index in [-0.39, 0.29) is 35.9 Å². The second-order valence-corrected chi connectivity index (χ2v) is 13.4. The number of aliphatic hydroxyl groups is 2. The van der Waals surface area contributed by atoms with Crippen LogP contribution >= 0.6 is 0 Å². The first-order valence-electron chi connectivity index (χ1n) is 16.3. The summed E-state index contributed by atoms with van der Waals surface area (Å²) in [6, 6.07) is 3.82. The molecule has 1 aromatic rings. The standard InChI is InChI=1S/C35H49NO6/c1-42-34-19-24-10-13-32(40)28(12-9-23(6-5-17-37)29(24)21-33(34)41)31(39)7-4-16-35(14-2-3-15-35)26-18-25-8-11-27(38)20-30(25)36-22-26/h19,21,23,25-26,28,30-31,36-37,39,41H,2-8,10-11,13-18,20,22H2,1H3/t23-,25+,26-,28-,30-,31-/m1/s1. The number of nitrogens with one attached hydrogen (secondary N) is 1. The van der Waals surface area contributed by atoms with Gasteiger partial charge in [-0.05, 0) is 105 Å². The molecule has 1 heterocycles. The molecule has 0 bridgehead atoms. The minimum Gasteiger partial charge on any atom is -0.504 e. The van der Waals surface area contributed by atoms with E-state index in [0.717, 1.165) is 43.4 Å². The largest absolute Gasteiger partial charge is 0.504 e. The smallest absolute Gasteiger partial charge is 0.160 e. The van der Waals surface area contributed by atoms with E-state index in [1.165, 1.54) is 39.2 Å². The van der Waals surface area contributed by atoms with Crippen molar-refractivity contribution in [3.8, 4) is 23.3 Å². The molecule has 7 heteroatoms. The third kappa shape index (κ3) is 6.87. The van der Waals surface area contributed by atoms with Gasteiger partial charge in [0.2, 0.25) is 0 Å². The number of hydrogen-bond acceptors (Lipinski definition) is 7. The number of fused-ring (bicyclic) bond motifs is 2. The summed E-state index contributed by atoms with van der Waals surface area (Å²) in [6.45, 7) is 1.03. The number of aromatic hydroxyl groups is 1. The Morgan fingerprint density at radius 1 is 1.12 bits per heavy atom. The molecule has 42 heavy (non-hydrogen) atoms. The van der Waals surface area contributed by atoms with E-state index in [9.17, 15) is 24.9 Å². The zero-order chi connectivity index (χ0) is 29.7. The van der Waals surface area contributed by atoms with Crippen LogP contribution < -0.4 is 10.1 Å². The molecule has 7 nitrogen and oxygen atoms in total. The van der Waals surface area contributed by atoms with Crippen molar-refractivity contribution in [2.75, 3.05) is 20.3 Å². The summed E-state index contributed by atoms with van der Waals surface area (Å²) in [7, 11) is 1.51. The van der Waals surface area contributed by atoms with Crippen LogP contribution in [0.5, 0.6) is 11.5 Å². The second kappa shape index (κ2) is 13.9. The SMILES string of the molecule is COc1cc2c(cc1O)[C@H](CCCO)C#C[C@H]([C@H](O)CCCC1([C@H]3CN[C@@H]4CC(=O)CC[C@H]4C3)CCCC1)C(=O)CC2. The summed E-state index contributed by atoms with van der Waals surface area (Å²) >= 11 is 0. The highest BCUT2D eigenvalue weighted by Crippen LogP contribution is 2.52. The van der Waals surface area contributed by atoms with Crippen LogP contribution in [-0.2, 0) is 16.0 Å². The van der Waals surface area contributed by atoms with E-state index in [2.05, 4.69) is 17.2 Å². The van der Waals surface area contributed by atoms with Gasteiger partial charge in [0.25, 0.3) is 0 Å². The topological polar surface area (TPSA) is 116 Å². The summed E-state index contributed by atoms with van der Waals surface area (Å²) in [4.78, 5) is 25.4. The highest BCUT2D eigenvalue weighted by Gasteiger charge is 2.45. The van der Waals surface area contributed by atoms with Crippen LogP contribution in [0.4, 0.5) is 0 Å². The Morgan fingerprint density at radius 2 is 1.93 bits per heavy atom. The molecule has 3 aliphatic carbocycles. The molecule has 0 radical (unpaired) electrons. The normalized spacial score (nSPS) is 29.7. The second-order valence-electron chi connectivity index (χ2n) is 13.4. The Balaban J connectivity index is 1.25. The number of ketones is 2. The van der Waals surface area contributed by atoms with Gasteiger partial charge in [-0.15, -0.1) is 0 Å². The van der Waals surface area contributed by atoms with Crippen LogP contribution in [0.25, 0.3) is 0 Å². The molecule has 3 fully saturated rings. The van der Waals surface area contributed by atoms with Gasteiger partial charge in [0, 0.05) is 37.8 Å². The minimum atomic E-state index is -0.815. The van der Waals surface area contributed by atoms with E-state index in [4.69, 9.17) is 4.74 Å². The van der Waals surface area contributed by atoms with Gasteiger partial charge >= 0.3 is 0 Å². The molecule has 0 unspecified atom stereocenters. The molecule has 4 aliphatic rings. The van der Waals surface area contributed by atoms with Gasteiger partial charge in [-0.2, -0.15) is 0 Å². The van der Waals surface area contributed by atoms with Crippen LogP contribution in [0.15, 0.2) is 12.1 Å². The Kier molecular flexibility index (Phi) is 10.3. The molecule has 6 atom stereocenters. The Hall–Kier alpha value is -2.40. The number of ether oxygens (including phenoxy) is 1. The molecular weight excluding hydrogens is 530 g/mol. The van der Waals surface area contributed by atoms with Crippen LogP contribution in [0.2, 0.25) is 0 Å². The van der Waals surface area contributed by atoms with Crippen LogP contribution in [0, 0.1) is 35.0 Å². The van der Waals surface area contributed by atoms with Gasteiger partial charge in [0.1, 0.15) is 11.7 Å². The molecule has 0 aromatic heterocycles. The monoisotopic (exact) mass is 579 g/mol. The molecule has 1 aliphatic heterocycles. The maximum absolute atomic E-state index is 13.4. The number of phenols is 1. The van der Waals surface area contributed by atoms with Crippen molar-refractivity contribution in [3.05, 3.63) is 23.3 Å². The van der Waals surface area contributed by atoms with Gasteiger partial charge in [0.05, 0.1) is 13.2 Å². The zero-order valence-electron chi connectivity index (χ0n) is 25.2. The lowest BCUT2D eigenvalue weighted by Gasteiger charge is -2.47. The molecule has 5 rings (SSSR count). The minimum absolute atomic E-state index is 0.0377. The Labute approximate surface area is 250 Å². The van der Waals surface area contributed by atoms with Crippen molar-refractivity contribution in [2.24, 2.45) is 23.2 Å². The lowest BCUT2D eigenvalue weighted by atomic mass is 9.63. The number of aliphatic hydroxyl groups excluding tert-OH is 2. The predicted molar refractivity (Wildman–Crippen MR) is 161 cm³/mol. The number of benzene rings is 1. The molecule has 0 amide bonds. The fraction of sp³-hybridized carbons (Fsp3) is 0.714. The maximum Gasteiger partial charge on any atom is 0.160 e. The average molecular weight is 580 g/mol. The number of carbonyl (C=O) groups excluding carboxylic acids is 2. The maximum atomic E-state index is 13.4. The number of rotatable bonds is 10. The van der Waals surface area contributed by atoms with Crippen molar-refractivity contribution in [1.29, 1.82) is 0 Å². The number of phenolic OH excluding ortho intramolecular Hbond substituents is 1. The van der Waals surface area contributed by atoms with E-state index in [1.807, 2.05) is 0 Å². The molecular formula is C35H49NO6. The molecule has 1 saturated heterocycles. The third-order valence-electron chi connectivity index (χ3n) is 10.9. The van der Waals surface area contributed by atoms with Crippen molar-refractivity contribution in [1.82, 2.24) is 5.32 Å². The van der Waals surface area contributed by atoms with Gasteiger partial charge in [-0.25, -0.2) is 0 Å². The summed E-state index contributed by atoms with van der Waals surface area (Å²) in [5.41, 5.74) is 2.07. The molecule has 1 aromatic carbocycles. The number of piperidine rings is 1. The first kappa shape index (κ1) is 31.0. The van der Waals surface area contributed by atoms with Crippen LogP contribution in [-0.4, -0.2) is 59.3 Å². The molecule has 2 saturated carbocycles. The quantitative estimate of drug-likeness (QED) is 0.294. The lowest BCUT2D eigenvalue weighted by Crippen LogP contribution is -2.52. The average Bonchev–Trinajstić information content (AvgIpc) is 3.49. The van der Waals surface area contributed by atoms with Crippen molar-refractivity contribution in [2.45, 2.75) is 114 Å². The zero-order valence-corrected chi connectivity index (χ0v) is 25.2. The Bertz CT molecular complexity index is 1180.